The third kappa shape index (κ3) is 2.63. The molecule has 3 N–H and O–H groups in total. The van der Waals surface area contributed by atoms with Crippen LogP contribution in [0.2, 0.25) is 0 Å². The van der Waals surface area contributed by atoms with Crippen LogP contribution in [-0.2, 0) is 0 Å². The van der Waals surface area contributed by atoms with Gasteiger partial charge in [0.2, 0.25) is 0 Å². The average Bonchev–Trinajstić information content (AvgIpc) is 2.86. The molecule has 7 heteroatoms. The number of aromatic nitrogens is 2. The van der Waals surface area contributed by atoms with Crippen LogP contribution < -0.4 is 15.8 Å². The number of carbonyl (C=O) groups is 1. The average molecular weight is 300 g/mol. The normalized spacial score (nSPS) is 10.5. The molecule has 0 saturated heterocycles. The number of nitrogens with one attached hydrogen (secondary N) is 1. The van der Waals surface area contributed by atoms with Crippen molar-refractivity contribution in [2.45, 2.75) is 0 Å². The molecule has 0 saturated carbocycles. The zero-order chi connectivity index (χ0) is 14.8. The highest BCUT2D eigenvalue weighted by molar-refractivity contribution is 7.22. The van der Waals surface area contributed by atoms with Crippen LogP contribution in [-0.4, -0.2) is 22.9 Å². The lowest BCUT2D eigenvalue weighted by Gasteiger charge is -2.09. The molecule has 0 spiro atoms. The summed E-state index contributed by atoms with van der Waals surface area (Å²) in [4.78, 5) is 19.9. The van der Waals surface area contributed by atoms with Crippen molar-refractivity contribution < 1.29 is 9.53 Å². The minimum Gasteiger partial charge on any atom is -0.456 e. The maximum atomic E-state index is 11.8. The third-order valence-corrected chi connectivity index (χ3v) is 3.70. The number of anilines is 1. The quantitative estimate of drug-likeness (QED) is 0.775. The number of amides is 1. The second kappa shape index (κ2) is 5.37. The van der Waals surface area contributed by atoms with Crippen LogP contribution in [0.3, 0.4) is 0 Å². The predicted octanol–water partition coefficient (Wildman–Crippen LogP) is 2.43. The second-order valence-electron chi connectivity index (χ2n) is 4.23. The monoisotopic (exact) mass is 300 g/mol. The number of thiazole rings is 1. The first kappa shape index (κ1) is 13.3. The number of carbonyl (C=O) groups excluding carboxylic acids is 1. The molecule has 3 aromatic rings. The minimum absolute atomic E-state index is 0.249. The van der Waals surface area contributed by atoms with Crippen LogP contribution in [0.4, 0.5) is 5.13 Å². The Kier molecular flexibility index (Phi) is 3.41. The molecule has 1 aromatic carbocycles. The standard InChI is InChI=1S/C14H12N4O2S/c1-16-13(19)9-7-17-5-4-11(9)20-8-2-3-10-12(6-8)21-14(15)18-10/h2-7H,1H3,(H2,15,18)(H,16,19). The summed E-state index contributed by atoms with van der Waals surface area (Å²) >= 11 is 1.39. The molecule has 2 aromatic heterocycles. The zero-order valence-corrected chi connectivity index (χ0v) is 12.0. The Bertz CT molecular complexity index is 816. The molecule has 0 bridgehead atoms. The van der Waals surface area contributed by atoms with Crippen molar-refractivity contribution in [1.82, 2.24) is 15.3 Å². The molecule has 2 heterocycles. The fourth-order valence-electron chi connectivity index (χ4n) is 1.89. The Balaban J connectivity index is 1.96. The lowest BCUT2D eigenvalue weighted by Crippen LogP contribution is -2.18. The summed E-state index contributed by atoms with van der Waals surface area (Å²) in [5, 5.41) is 3.07. The van der Waals surface area contributed by atoms with E-state index >= 15 is 0 Å². The lowest BCUT2D eigenvalue weighted by molar-refractivity contribution is 0.0960. The van der Waals surface area contributed by atoms with E-state index in [9.17, 15) is 4.79 Å². The number of nitrogen functional groups attached to an aromatic ring is 1. The number of hydrogen-bond donors (Lipinski definition) is 2. The third-order valence-electron chi connectivity index (χ3n) is 2.86. The fraction of sp³-hybridized carbons (Fsp3) is 0.0714. The highest BCUT2D eigenvalue weighted by atomic mass is 32.1. The molecule has 0 aliphatic rings. The van der Waals surface area contributed by atoms with Gasteiger partial charge in [-0.2, -0.15) is 0 Å². The highest BCUT2D eigenvalue weighted by Crippen LogP contribution is 2.31. The first-order valence-corrected chi connectivity index (χ1v) is 6.99. The smallest absolute Gasteiger partial charge is 0.256 e. The predicted molar refractivity (Wildman–Crippen MR) is 81.7 cm³/mol. The first-order valence-electron chi connectivity index (χ1n) is 6.17. The van der Waals surface area contributed by atoms with Crippen LogP contribution in [0.25, 0.3) is 10.2 Å². The molecule has 0 radical (unpaired) electrons. The number of ether oxygens (including phenoxy) is 1. The van der Waals surface area contributed by atoms with E-state index in [0.29, 0.717) is 22.2 Å². The van der Waals surface area contributed by atoms with Gasteiger partial charge in [-0.15, -0.1) is 0 Å². The number of pyridine rings is 1. The van der Waals surface area contributed by atoms with Crippen molar-refractivity contribution in [3.63, 3.8) is 0 Å². The van der Waals surface area contributed by atoms with Crippen molar-refractivity contribution in [3.05, 3.63) is 42.2 Å². The van der Waals surface area contributed by atoms with Crippen molar-refractivity contribution >= 4 is 32.6 Å². The summed E-state index contributed by atoms with van der Waals surface area (Å²) in [6, 6.07) is 7.11. The van der Waals surface area contributed by atoms with Gasteiger partial charge in [0.05, 0.1) is 10.2 Å². The summed E-state index contributed by atoms with van der Waals surface area (Å²) in [7, 11) is 1.56. The van der Waals surface area contributed by atoms with Crippen LogP contribution in [0.15, 0.2) is 36.7 Å². The van der Waals surface area contributed by atoms with Crippen molar-refractivity contribution in [2.75, 3.05) is 12.8 Å². The van der Waals surface area contributed by atoms with Gasteiger partial charge in [0.15, 0.2) is 5.13 Å². The van der Waals surface area contributed by atoms with Gasteiger partial charge in [-0.05, 0) is 18.2 Å². The van der Waals surface area contributed by atoms with Crippen molar-refractivity contribution in [2.24, 2.45) is 0 Å². The molecule has 1 amide bonds. The molecule has 106 valence electrons. The Morgan fingerprint density at radius 2 is 2.24 bits per heavy atom. The molecule has 0 unspecified atom stereocenters. The number of nitrogens with two attached hydrogens (primary N) is 1. The van der Waals surface area contributed by atoms with Gasteiger partial charge in [0.1, 0.15) is 17.1 Å². The van der Waals surface area contributed by atoms with E-state index in [4.69, 9.17) is 10.5 Å². The van der Waals surface area contributed by atoms with E-state index in [1.807, 2.05) is 12.1 Å². The molecular weight excluding hydrogens is 288 g/mol. The van der Waals surface area contributed by atoms with Crippen molar-refractivity contribution in [3.8, 4) is 11.5 Å². The summed E-state index contributed by atoms with van der Waals surface area (Å²) < 4.78 is 6.72. The van der Waals surface area contributed by atoms with Gasteiger partial charge in [0.25, 0.3) is 5.91 Å². The van der Waals surface area contributed by atoms with Crippen LogP contribution >= 0.6 is 11.3 Å². The number of nitrogens with zero attached hydrogens (tertiary/aromatic N) is 2. The molecule has 21 heavy (non-hydrogen) atoms. The largest absolute Gasteiger partial charge is 0.456 e. The van der Waals surface area contributed by atoms with E-state index in [-0.39, 0.29) is 5.91 Å². The molecule has 3 rings (SSSR count). The van der Waals surface area contributed by atoms with Gasteiger partial charge in [-0.3, -0.25) is 9.78 Å². The van der Waals surface area contributed by atoms with Gasteiger partial charge in [0, 0.05) is 25.5 Å². The van der Waals surface area contributed by atoms with Crippen LogP contribution in [0.1, 0.15) is 10.4 Å². The molecule has 6 nitrogen and oxygen atoms in total. The number of benzene rings is 1. The van der Waals surface area contributed by atoms with Gasteiger partial charge >= 0.3 is 0 Å². The molecule has 0 aliphatic heterocycles. The molecular formula is C14H12N4O2S. The highest BCUT2D eigenvalue weighted by Gasteiger charge is 2.12. The second-order valence-corrected chi connectivity index (χ2v) is 5.30. The zero-order valence-electron chi connectivity index (χ0n) is 11.2. The Morgan fingerprint density at radius 1 is 1.38 bits per heavy atom. The maximum absolute atomic E-state index is 11.8. The Morgan fingerprint density at radius 3 is 3.05 bits per heavy atom. The number of fused-ring (bicyclic) bond motifs is 1. The number of hydrogen-bond acceptors (Lipinski definition) is 6. The molecule has 0 atom stereocenters. The maximum Gasteiger partial charge on any atom is 0.256 e. The Labute approximate surface area is 124 Å². The number of rotatable bonds is 3. The summed E-state index contributed by atoms with van der Waals surface area (Å²) in [6.45, 7) is 0. The summed E-state index contributed by atoms with van der Waals surface area (Å²) in [6.07, 6.45) is 3.04. The van der Waals surface area contributed by atoms with Crippen molar-refractivity contribution in [1.29, 1.82) is 0 Å². The Hall–Kier alpha value is -2.67. The van der Waals surface area contributed by atoms with Crippen LogP contribution in [0.5, 0.6) is 11.5 Å². The SMILES string of the molecule is CNC(=O)c1cnccc1Oc1ccc2nc(N)sc2c1. The summed E-state index contributed by atoms with van der Waals surface area (Å²) in [5.41, 5.74) is 6.88. The van der Waals surface area contributed by atoms with Gasteiger partial charge in [-0.25, -0.2) is 4.98 Å². The van der Waals surface area contributed by atoms with E-state index in [0.717, 1.165) is 10.2 Å². The van der Waals surface area contributed by atoms with E-state index in [1.165, 1.54) is 17.5 Å². The first-order chi connectivity index (χ1) is 10.2. The van der Waals surface area contributed by atoms with Gasteiger partial charge in [-0.1, -0.05) is 11.3 Å². The fourth-order valence-corrected chi connectivity index (χ4v) is 2.65. The van der Waals surface area contributed by atoms with E-state index in [2.05, 4.69) is 15.3 Å². The molecule has 0 aliphatic carbocycles. The van der Waals surface area contributed by atoms with E-state index in [1.54, 1.807) is 25.4 Å². The minimum atomic E-state index is -0.249. The topological polar surface area (TPSA) is 90.1 Å². The van der Waals surface area contributed by atoms with Gasteiger partial charge < -0.3 is 15.8 Å². The summed E-state index contributed by atoms with van der Waals surface area (Å²) in [5.74, 6) is 0.810. The molecule has 0 fully saturated rings. The van der Waals surface area contributed by atoms with Crippen LogP contribution in [0, 0.1) is 0 Å². The lowest BCUT2D eigenvalue weighted by atomic mass is 10.2. The van der Waals surface area contributed by atoms with E-state index < -0.39 is 0 Å².